The summed E-state index contributed by atoms with van der Waals surface area (Å²) in [6.07, 6.45) is -0.151. The van der Waals surface area contributed by atoms with Crippen LogP contribution in [0.1, 0.15) is 30.0 Å². The highest BCUT2D eigenvalue weighted by molar-refractivity contribution is 6.52. The van der Waals surface area contributed by atoms with Crippen LogP contribution < -0.4 is 15.6 Å². The Bertz CT molecular complexity index is 1200. The Balaban J connectivity index is 1.81. The minimum Gasteiger partial charge on any atom is -0.519 e. The molecule has 10 heteroatoms. The second-order valence-corrected chi connectivity index (χ2v) is 13.3. The number of hydrogen-bond donors (Lipinski definition) is 1. The summed E-state index contributed by atoms with van der Waals surface area (Å²) >= 11 is 0. The molecule has 194 valence electrons. The van der Waals surface area contributed by atoms with Crippen molar-refractivity contribution in [2.24, 2.45) is 5.41 Å². The van der Waals surface area contributed by atoms with E-state index >= 15 is 0 Å². The molecule has 0 amide bonds. The third-order valence-electron chi connectivity index (χ3n) is 6.20. The van der Waals surface area contributed by atoms with Crippen molar-refractivity contribution in [1.82, 2.24) is 0 Å². The summed E-state index contributed by atoms with van der Waals surface area (Å²) in [5, 5.41) is 12.4. The number of phenols is 1. The molecular weight excluding hydrogens is 521 g/mol. The molecule has 0 saturated carbocycles. The lowest BCUT2D eigenvalue weighted by Gasteiger charge is -2.27. The number of carbonyl (C=O) groups excluding carboxylic acids is 3. The van der Waals surface area contributed by atoms with Gasteiger partial charge in [-0.3, -0.25) is 14.4 Å². The molecule has 0 aliphatic rings. The van der Waals surface area contributed by atoms with Gasteiger partial charge in [-0.15, -0.1) is 0 Å². The minimum atomic E-state index is -2.20. The summed E-state index contributed by atoms with van der Waals surface area (Å²) in [7, 11) is -4.78. The largest absolute Gasteiger partial charge is 0.519 e. The molecule has 0 fully saturated rings. The fraction of sp³-hybridized carbons (Fsp3) is 0.222. The predicted octanol–water partition coefficient (Wildman–Crippen LogP) is -0.129. The van der Waals surface area contributed by atoms with E-state index in [2.05, 4.69) is 0 Å². The van der Waals surface area contributed by atoms with Gasteiger partial charge in [0.05, 0.1) is 0 Å². The predicted molar refractivity (Wildman–Crippen MR) is 151 cm³/mol. The first-order valence-corrected chi connectivity index (χ1v) is 15.9. The summed E-state index contributed by atoms with van der Waals surface area (Å²) in [5.41, 5.74) is 0.649. The highest BCUT2D eigenvalue weighted by Crippen LogP contribution is 2.28. The monoisotopic (exact) mass is 552 g/mol. The van der Waals surface area contributed by atoms with Crippen LogP contribution in [0, 0.1) is 26.2 Å². The summed E-state index contributed by atoms with van der Waals surface area (Å²) in [5.74, 6) is -2.74. The molecule has 0 aliphatic heterocycles. The van der Waals surface area contributed by atoms with E-state index in [1.54, 1.807) is 26.0 Å². The summed E-state index contributed by atoms with van der Waals surface area (Å²) in [6.45, 7) is 7.25. The van der Waals surface area contributed by atoms with Gasteiger partial charge in [0.25, 0.3) is 34.7 Å². The van der Waals surface area contributed by atoms with Gasteiger partial charge in [-0.1, -0.05) is 78.7 Å². The lowest BCUT2D eigenvalue weighted by atomic mass is 9.85. The number of benzene rings is 3. The van der Waals surface area contributed by atoms with Gasteiger partial charge in [0, 0.05) is 0 Å². The van der Waals surface area contributed by atoms with Gasteiger partial charge in [0.2, 0.25) is 0 Å². The molecule has 0 unspecified atom stereocenters. The van der Waals surface area contributed by atoms with E-state index in [1.165, 1.54) is 6.07 Å². The summed E-state index contributed by atoms with van der Waals surface area (Å²) in [6, 6.07) is 20.2. The van der Waals surface area contributed by atoms with E-state index in [4.69, 9.17) is 13.3 Å². The molecule has 0 bridgehead atoms. The van der Waals surface area contributed by atoms with Gasteiger partial charge >= 0.3 is 17.9 Å². The Morgan fingerprint density at radius 1 is 0.676 bits per heavy atom. The van der Waals surface area contributed by atoms with Crippen molar-refractivity contribution in [3.63, 3.8) is 0 Å². The number of aromatic hydroxyl groups is 1. The molecule has 3 aromatic carbocycles. The van der Waals surface area contributed by atoms with Crippen molar-refractivity contribution < 1.29 is 32.8 Å². The summed E-state index contributed by atoms with van der Waals surface area (Å²) < 4.78 is 16.8. The van der Waals surface area contributed by atoms with Crippen molar-refractivity contribution in [3.05, 3.63) is 83.4 Å². The molecule has 0 heterocycles. The van der Waals surface area contributed by atoms with Gasteiger partial charge in [-0.2, -0.15) is 0 Å². The lowest BCUT2D eigenvalue weighted by Crippen LogP contribution is -2.51. The summed E-state index contributed by atoms with van der Waals surface area (Å²) in [4.78, 5) is 40.2. The Kier molecular flexibility index (Phi) is 9.61. The average Bonchev–Trinajstić information content (AvgIpc) is 2.89. The first-order chi connectivity index (χ1) is 17.6. The second-order valence-electron chi connectivity index (χ2n) is 9.08. The zero-order valence-electron chi connectivity index (χ0n) is 21.6. The highest BCUT2D eigenvalue weighted by atomic mass is 28.2. The van der Waals surface area contributed by atoms with Crippen LogP contribution in [0.2, 0.25) is 0 Å². The lowest BCUT2D eigenvalue weighted by molar-refractivity contribution is -0.171. The van der Waals surface area contributed by atoms with Crippen molar-refractivity contribution in [3.8, 4) is 5.75 Å². The maximum Gasteiger partial charge on any atom is 0.321 e. The highest BCUT2D eigenvalue weighted by Gasteiger charge is 2.55. The molecule has 0 atom stereocenters. The van der Waals surface area contributed by atoms with Gasteiger partial charge in [0.1, 0.15) is 5.75 Å². The number of rotatable bonds is 10. The molecule has 3 aromatic rings. The van der Waals surface area contributed by atoms with Crippen LogP contribution >= 0.6 is 0 Å². The fourth-order valence-corrected chi connectivity index (χ4v) is 6.59. The third kappa shape index (κ3) is 7.06. The van der Waals surface area contributed by atoms with Crippen LogP contribution in [0.4, 0.5) is 0 Å². The van der Waals surface area contributed by atoms with Crippen molar-refractivity contribution in [2.75, 3.05) is 0 Å². The van der Waals surface area contributed by atoms with E-state index < -0.39 is 52.6 Å². The number of aryl methyl sites for hydroxylation is 3. The quantitative estimate of drug-likeness (QED) is 0.276. The maximum absolute atomic E-state index is 13.4. The van der Waals surface area contributed by atoms with Gasteiger partial charge in [0.15, 0.2) is 0 Å². The van der Waals surface area contributed by atoms with Gasteiger partial charge < -0.3 is 18.4 Å². The number of phenolic OH excluding ortho intramolecular Hbond substituents is 1. The molecule has 0 spiro atoms. The molecule has 0 saturated heterocycles. The average molecular weight is 553 g/mol. The SMILES string of the molecule is CCC(C(=O)O[SiH2]c1ccc(C)cc1)(C(=O)O[SiH2]c1ccc(C)cc1)C(=O)O[SiH2]c1ccc(C)c(O)c1. The smallest absolute Gasteiger partial charge is 0.321 e. The van der Waals surface area contributed by atoms with E-state index in [-0.39, 0.29) is 12.2 Å². The van der Waals surface area contributed by atoms with Crippen LogP contribution in [-0.2, 0) is 27.7 Å². The molecule has 0 aliphatic carbocycles. The second kappa shape index (κ2) is 12.7. The van der Waals surface area contributed by atoms with Crippen molar-refractivity contribution in [2.45, 2.75) is 34.1 Å². The zero-order valence-corrected chi connectivity index (χ0v) is 25.8. The Labute approximate surface area is 224 Å². The van der Waals surface area contributed by atoms with Crippen LogP contribution in [-0.4, -0.2) is 52.3 Å². The van der Waals surface area contributed by atoms with E-state index in [9.17, 15) is 19.5 Å². The third-order valence-corrected chi connectivity index (χ3v) is 9.80. The Hall–Kier alpha value is -3.48. The maximum atomic E-state index is 13.4. The first kappa shape index (κ1) is 28.1. The molecule has 7 nitrogen and oxygen atoms in total. The topological polar surface area (TPSA) is 99.1 Å². The van der Waals surface area contributed by atoms with Crippen LogP contribution in [0.25, 0.3) is 0 Å². The first-order valence-electron chi connectivity index (χ1n) is 12.1. The van der Waals surface area contributed by atoms with Crippen molar-refractivity contribution >= 4 is 62.8 Å². The standard InChI is InChI=1S/C27H32O7Si3/c1-5-27(24(29)32-35-20-11-6-17(2)7-12-20,25(30)33-36-21-13-8-18(3)9-14-21)26(31)34-37-22-15-10-19(4)23(28)16-22/h6-16,28H,5,35-37H2,1-4H3. The van der Waals surface area contributed by atoms with E-state index in [0.717, 1.165) is 21.5 Å². The Morgan fingerprint density at radius 2 is 1.05 bits per heavy atom. The van der Waals surface area contributed by atoms with Crippen molar-refractivity contribution in [1.29, 1.82) is 0 Å². The van der Waals surface area contributed by atoms with E-state index in [1.807, 2.05) is 62.4 Å². The fourth-order valence-electron chi connectivity index (χ4n) is 3.61. The minimum absolute atomic E-state index is 0.0924. The number of carbonyl (C=O) groups is 3. The normalized spacial score (nSPS) is 13.3. The van der Waals surface area contributed by atoms with E-state index in [0.29, 0.717) is 10.8 Å². The van der Waals surface area contributed by atoms with Gasteiger partial charge in [-0.05, 0) is 54.4 Å². The molecule has 0 aromatic heterocycles. The van der Waals surface area contributed by atoms with Gasteiger partial charge in [-0.25, -0.2) is 0 Å². The molecule has 0 radical (unpaired) electrons. The van der Waals surface area contributed by atoms with Crippen LogP contribution in [0.15, 0.2) is 66.7 Å². The van der Waals surface area contributed by atoms with Crippen LogP contribution in [0.3, 0.4) is 0 Å². The zero-order chi connectivity index (χ0) is 27.0. The molecule has 37 heavy (non-hydrogen) atoms. The molecular formula is C27H32O7Si3. The molecule has 1 N–H and O–H groups in total. The molecule has 3 rings (SSSR count). The number of hydrogen-bond acceptors (Lipinski definition) is 7. The van der Waals surface area contributed by atoms with Crippen LogP contribution in [0.5, 0.6) is 5.75 Å². The Morgan fingerprint density at radius 3 is 1.43 bits per heavy atom.